The van der Waals surface area contributed by atoms with Gasteiger partial charge in [-0.3, -0.25) is 48.1 Å². The van der Waals surface area contributed by atoms with Gasteiger partial charge in [0.15, 0.2) is 5.96 Å². The minimum Gasteiger partial charge on any atom is -0.508 e. The normalized spacial score (nSPS) is 14.4. The number of benzene rings is 1. The molecule has 1 rings (SSSR count). The summed E-state index contributed by atoms with van der Waals surface area (Å²) < 4.78 is 0. The molecule has 1 aromatic carbocycles. The number of hydrogen-bond acceptors (Lipinski definition) is 17. The Morgan fingerprint density at radius 1 is 0.687 bits per heavy atom. The zero-order chi connectivity index (χ0) is 50.8. The minimum atomic E-state index is -1.87. The average Bonchev–Trinajstić information content (AvgIpc) is 3.27. The number of nitrogens with one attached hydrogen (secondary N) is 8. The molecule has 0 aromatic heterocycles. The maximum Gasteiger partial charge on any atom is 0.326 e. The van der Waals surface area contributed by atoms with Crippen molar-refractivity contribution in [2.45, 2.75) is 87.4 Å². The second kappa shape index (κ2) is 31.0. The smallest absolute Gasteiger partial charge is 0.326 e. The van der Waals surface area contributed by atoms with Crippen molar-refractivity contribution in [2.24, 2.45) is 22.2 Å². The van der Waals surface area contributed by atoms with E-state index >= 15 is 0 Å². The molecule has 18 N–H and O–H groups in total. The van der Waals surface area contributed by atoms with Crippen LogP contribution in [0.25, 0.3) is 0 Å². The highest BCUT2D eigenvalue weighted by Crippen LogP contribution is 2.12. The van der Waals surface area contributed by atoms with Crippen molar-refractivity contribution in [3.8, 4) is 5.75 Å². The van der Waals surface area contributed by atoms with Crippen LogP contribution in [0.2, 0.25) is 0 Å². The van der Waals surface area contributed by atoms with E-state index in [0.717, 1.165) is 0 Å². The molecule has 8 amide bonds. The number of aliphatic carboxylic acids is 2. The molecule has 0 fully saturated rings. The third-order valence-corrected chi connectivity index (χ3v) is 10.6. The number of carbonyl (C=O) groups excluding carboxylic acids is 8. The Bertz CT molecular complexity index is 1910. The Hall–Kier alpha value is -6.04. The Morgan fingerprint density at radius 3 is 1.73 bits per heavy atom. The van der Waals surface area contributed by atoms with E-state index in [1.165, 1.54) is 43.0 Å². The van der Waals surface area contributed by atoms with E-state index in [9.17, 15) is 68.4 Å². The van der Waals surface area contributed by atoms with Crippen molar-refractivity contribution in [1.29, 1.82) is 0 Å². The number of guanidine groups is 1. The zero-order valence-electron chi connectivity index (χ0n) is 36.6. The van der Waals surface area contributed by atoms with Crippen molar-refractivity contribution in [3.05, 3.63) is 29.8 Å². The second-order valence-corrected chi connectivity index (χ2v) is 16.3. The minimum absolute atomic E-state index is 0.0409. The number of carbonyl (C=O) groups is 10. The molecule has 8 atom stereocenters. The molecule has 0 aliphatic carbocycles. The highest BCUT2D eigenvalue weighted by molar-refractivity contribution is 7.98. The van der Waals surface area contributed by atoms with Crippen LogP contribution in [-0.2, 0) is 54.4 Å². The molecule has 0 saturated heterocycles. The predicted molar refractivity (Wildman–Crippen MR) is 250 cm³/mol. The second-order valence-electron chi connectivity index (χ2n) is 14.6. The summed E-state index contributed by atoms with van der Waals surface area (Å²) in [6, 6.07) is -5.84. The lowest BCUT2D eigenvalue weighted by atomic mass is 10.1. The summed E-state index contributed by atoms with van der Waals surface area (Å²) in [4.78, 5) is 131. The number of thioether (sulfide) groups is 1. The maximum absolute atomic E-state index is 13.4. The van der Waals surface area contributed by atoms with Crippen LogP contribution in [-0.4, -0.2) is 177 Å². The number of aromatic hydroxyl groups is 1. The number of aliphatic imine (C=N–C) groups is 1. The number of hydrogen-bond donors (Lipinski definition) is 17. The number of rotatable bonds is 31. The fourth-order valence-corrected chi connectivity index (χ4v) is 6.49. The van der Waals surface area contributed by atoms with Crippen LogP contribution in [0, 0.1) is 0 Å². The molecule has 0 heterocycles. The largest absolute Gasteiger partial charge is 0.508 e. The molecule has 0 saturated carbocycles. The first-order valence-electron chi connectivity index (χ1n) is 20.3. The Morgan fingerprint density at radius 2 is 1.19 bits per heavy atom. The summed E-state index contributed by atoms with van der Waals surface area (Å²) in [6.45, 7) is -0.433. The topological polar surface area (TPSA) is 438 Å². The summed E-state index contributed by atoms with van der Waals surface area (Å²) >= 11 is 9.45. The molecule has 0 radical (unpaired) electrons. The number of nitrogens with zero attached hydrogens (tertiary/aromatic N) is 1. The summed E-state index contributed by atoms with van der Waals surface area (Å²) in [7, 11) is 0. The molecule has 0 aliphatic heterocycles. The summed E-state index contributed by atoms with van der Waals surface area (Å²) in [5, 5.41) is 56.9. The van der Waals surface area contributed by atoms with Crippen LogP contribution in [0.5, 0.6) is 5.75 Å². The number of aliphatic hydroxyl groups excluding tert-OH is 1. The van der Waals surface area contributed by atoms with Gasteiger partial charge in [-0.1, -0.05) is 12.1 Å². The lowest BCUT2D eigenvalue weighted by molar-refractivity contribution is -0.142. The summed E-state index contributed by atoms with van der Waals surface area (Å²) in [5.74, 6) is -11.1. The number of phenols is 1. The van der Waals surface area contributed by atoms with Crippen molar-refractivity contribution >= 4 is 102 Å². The van der Waals surface area contributed by atoms with Gasteiger partial charge in [0, 0.05) is 24.5 Å². The van der Waals surface area contributed by atoms with Crippen LogP contribution >= 0.6 is 37.0 Å². The number of thiol groups is 2. The molecular formula is C38H60N12O14S3. The van der Waals surface area contributed by atoms with Crippen LogP contribution < -0.4 is 59.7 Å². The number of amides is 8. The number of carboxylic acids is 2. The van der Waals surface area contributed by atoms with E-state index in [1.807, 2.05) is 0 Å². The van der Waals surface area contributed by atoms with Gasteiger partial charge in [0.2, 0.25) is 47.3 Å². The molecular weight excluding hydrogens is 945 g/mol. The van der Waals surface area contributed by atoms with Gasteiger partial charge in [-0.2, -0.15) is 37.0 Å². The SMILES string of the molecule is CSCCC(NC(=O)C(CO)NC(=O)C(CC(=O)O)NC(=O)CNC(=O)C(C)NC(=O)C(CS)NC(=O)C(N)CCCN=C(N)N)C(=O)NC(CS)C(=O)NC(Cc1ccc(O)cc1)C(=O)O. The van der Waals surface area contributed by atoms with Gasteiger partial charge in [0.1, 0.15) is 48.0 Å². The highest BCUT2D eigenvalue weighted by Gasteiger charge is 2.33. The molecule has 0 aliphatic rings. The van der Waals surface area contributed by atoms with Crippen molar-refractivity contribution in [2.75, 3.05) is 43.2 Å². The number of carboxylic acid groups (broad SMARTS) is 2. The molecule has 8 unspecified atom stereocenters. The molecule has 0 bridgehead atoms. The first-order valence-corrected chi connectivity index (χ1v) is 23.0. The lowest BCUT2D eigenvalue weighted by Gasteiger charge is -2.26. The summed E-state index contributed by atoms with van der Waals surface area (Å²) in [6.07, 6.45) is 1.01. The van der Waals surface area contributed by atoms with E-state index in [0.29, 0.717) is 12.0 Å². The van der Waals surface area contributed by atoms with Gasteiger partial charge in [-0.25, -0.2) is 4.79 Å². The van der Waals surface area contributed by atoms with E-state index in [4.69, 9.17) is 17.2 Å². The van der Waals surface area contributed by atoms with E-state index in [1.54, 1.807) is 6.26 Å². The van der Waals surface area contributed by atoms with Gasteiger partial charge in [0.05, 0.1) is 25.6 Å². The van der Waals surface area contributed by atoms with Crippen LogP contribution in [0.1, 0.15) is 38.2 Å². The van der Waals surface area contributed by atoms with E-state index in [-0.39, 0.29) is 54.8 Å². The molecule has 67 heavy (non-hydrogen) atoms. The first-order chi connectivity index (χ1) is 31.6. The first kappa shape index (κ1) is 59.0. The zero-order valence-corrected chi connectivity index (χ0v) is 39.2. The van der Waals surface area contributed by atoms with Crippen LogP contribution in [0.15, 0.2) is 29.3 Å². The third-order valence-electron chi connectivity index (χ3n) is 9.19. The Balaban J connectivity index is 2.91. The molecule has 1 aromatic rings. The van der Waals surface area contributed by atoms with Gasteiger partial charge in [0.25, 0.3) is 0 Å². The number of phenolic OH excluding ortho intramolecular Hbond substituents is 1. The van der Waals surface area contributed by atoms with Gasteiger partial charge >= 0.3 is 11.9 Å². The predicted octanol–water partition coefficient (Wildman–Crippen LogP) is -5.99. The van der Waals surface area contributed by atoms with Gasteiger partial charge in [-0.15, -0.1) is 0 Å². The van der Waals surface area contributed by atoms with E-state index < -0.39 is 127 Å². The number of aliphatic hydroxyl groups is 1. The monoisotopic (exact) mass is 1000 g/mol. The van der Waals surface area contributed by atoms with Crippen LogP contribution in [0.3, 0.4) is 0 Å². The molecule has 26 nitrogen and oxygen atoms in total. The fraction of sp³-hybridized carbons (Fsp3) is 0.553. The molecule has 374 valence electrons. The molecule has 29 heteroatoms. The van der Waals surface area contributed by atoms with Crippen molar-refractivity contribution < 1.29 is 68.4 Å². The van der Waals surface area contributed by atoms with Crippen molar-refractivity contribution in [1.82, 2.24) is 42.5 Å². The highest BCUT2D eigenvalue weighted by atomic mass is 32.2. The lowest BCUT2D eigenvalue weighted by Crippen LogP contribution is -2.60. The van der Waals surface area contributed by atoms with Gasteiger partial charge < -0.3 is 80.2 Å². The van der Waals surface area contributed by atoms with Crippen molar-refractivity contribution in [3.63, 3.8) is 0 Å². The Kier molecular flexibility index (Phi) is 27.3. The maximum atomic E-state index is 13.4. The van der Waals surface area contributed by atoms with E-state index in [2.05, 4.69) is 72.8 Å². The summed E-state index contributed by atoms with van der Waals surface area (Å²) in [5.41, 5.74) is 16.9. The Labute approximate surface area is 400 Å². The number of nitrogens with two attached hydrogens (primary N) is 3. The third kappa shape index (κ3) is 22.8. The molecule has 0 spiro atoms. The fourth-order valence-electron chi connectivity index (χ4n) is 5.50. The van der Waals surface area contributed by atoms with Gasteiger partial charge in [-0.05, 0) is 55.9 Å². The average molecular weight is 1010 g/mol. The quantitative estimate of drug-likeness (QED) is 0.0142. The van der Waals surface area contributed by atoms with Crippen LogP contribution in [0.4, 0.5) is 0 Å². The standard InChI is InChI=1S/C38H60N12O14S3/c1-18(44-35(61)26(16-65)49-31(57)21(39)4-3-10-42-38(40)41)30(56)43-14-28(53)45-23(13-29(54)55)33(59)48-25(15-51)34(60)46-22(9-11-67-2)32(58)50-27(17-66)36(62)47-24(37(63)64)12-19-5-7-20(52)8-6-19/h5-8,18,21-27,51-52,65-66H,3-4,9-17,39H2,1-2H3,(H,43,56)(H,44,61)(H,45,53)(H,46,60)(H,47,62)(H,48,59)(H,49,57)(H,50,58)(H,54,55)(H,63,64)(H4,40,41,42).